The van der Waals surface area contributed by atoms with Crippen molar-refractivity contribution < 1.29 is 9.90 Å². The maximum atomic E-state index is 11.6. The molecular formula is C13H28N2O2. The third-order valence-corrected chi connectivity index (χ3v) is 2.77. The van der Waals surface area contributed by atoms with Crippen LogP contribution in [0.5, 0.6) is 0 Å². The molecule has 0 saturated carbocycles. The van der Waals surface area contributed by atoms with Crippen LogP contribution in [0.1, 0.15) is 46.5 Å². The van der Waals surface area contributed by atoms with E-state index in [9.17, 15) is 9.90 Å². The molecule has 0 aromatic heterocycles. The minimum atomic E-state index is -0.426. The van der Waals surface area contributed by atoms with E-state index in [1.807, 2.05) is 6.92 Å². The summed E-state index contributed by atoms with van der Waals surface area (Å²) in [5.41, 5.74) is 5.64. The van der Waals surface area contributed by atoms with Crippen LogP contribution in [0.4, 0.5) is 0 Å². The zero-order valence-electron chi connectivity index (χ0n) is 11.4. The number of aliphatic hydroxyl groups excluding tert-OH is 1. The van der Waals surface area contributed by atoms with Gasteiger partial charge in [0.05, 0.1) is 6.10 Å². The van der Waals surface area contributed by atoms with Crippen LogP contribution in [0.3, 0.4) is 0 Å². The van der Waals surface area contributed by atoms with E-state index in [2.05, 4.69) is 19.2 Å². The highest BCUT2D eigenvalue weighted by atomic mass is 16.3. The summed E-state index contributed by atoms with van der Waals surface area (Å²) >= 11 is 0. The summed E-state index contributed by atoms with van der Waals surface area (Å²) in [5.74, 6) is 0.802. The molecule has 4 N–H and O–H groups in total. The molecule has 0 rings (SSSR count). The molecule has 0 spiro atoms. The SMILES string of the molecule is CCCC(O)CNC(=O)CC(CN)CC(C)C. The Kier molecular flexibility index (Phi) is 9.09. The summed E-state index contributed by atoms with van der Waals surface area (Å²) in [6.07, 6.45) is 2.67. The molecule has 0 aliphatic heterocycles. The molecule has 4 nitrogen and oxygen atoms in total. The fourth-order valence-corrected chi connectivity index (χ4v) is 1.93. The summed E-state index contributed by atoms with van der Waals surface area (Å²) in [4.78, 5) is 11.6. The first kappa shape index (κ1) is 16.4. The second-order valence-electron chi connectivity index (χ2n) is 5.18. The van der Waals surface area contributed by atoms with Crippen LogP contribution < -0.4 is 11.1 Å². The summed E-state index contributed by atoms with van der Waals surface area (Å²) < 4.78 is 0. The zero-order valence-corrected chi connectivity index (χ0v) is 11.4. The van der Waals surface area contributed by atoms with Crippen LogP contribution in [0, 0.1) is 11.8 Å². The van der Waals surface area contributed by atoms with Gasteiger partial charge in [0.25, 0.3) is 0 Å². The predicted octanol–water partition coefficient (Wildman–Crippen LogP) is 1.27. The van der Waals surface area contributed by atoms with Crippen molar-refractivity contribution in [2.45, 2.75) is 52.6 Å². The number of aliphatic hydroxyl groups is 1. The van der Waals surface area contributed by atoms with E-state index in [0.29, 0.717) is 25.4 Å². The number of nitrogens with two attached hydrogens (primary N) is 1. The van der Waals surface area contributed by atoms with Crippen LogP contribution in [-0.2, 0) is 4.79 Å². The summed E-state index contributed by atoms with van der Waals surface area (Å²) in [5, 5.41) is 12.3. The second-order valence-corrected chi connectivity index (χ2v) is 5.18. The third-order valence-electron chi connectivity index (χ3n) is 2.77. The van der Waals surface area contributed by atoms with Crippen molar-refractivity contribution in [1.29, 1.82) is 0 Å². The second kappa shape index (κ2) is 9.42. The Hall–Kier alpha value is -0.610. The standard InChI is InChI=1S/C13H28N2O2/c1-4-5-12(16)9-15-13(17)7-11(8-14)6-10(2)3/h10-12,16H,4-9,14H2,1-3H3,(H,15,17). The molecule has 2 atom stereocenters. The summed E-state index contributed by atoms with van der Waals surface area (Å²) in [6, 6.07) is 0. The molecule has 0 fully saturated rings. The zero-order chi connectivity index (χ0) is 13.3. The van der Waals surface area contributed by atoms with Crippen molar-refractivity contribution in [3.8, 4) is 0 Å². The monoisotopic (exact) mass is 244 g/mol. The van der Waals surface area contributed by atoms with Gasteiger partial charge in [0.2, 0.25) is 5.91 Å². The number of carbonyl (C=O) groups excluding carboxylic acids is 1. The Labute approximate surface area is 105 Å². The maximum Gasteiger partial charge on any atom is 0.220 e. The van der Waals surface area contributed by atoms with Gasteiger partial charge in [-0.05, 0) is 31.2 Å². The molecule has 102 valence electrons. The number of nitrogens with one attached hydrogen (secondary N) is 1. The fourth-order valence-electron chi connectivity index (χ4n) is 1.93. The Bertz CT molecular complexity index is 208. The van der Waals surface area contributed by atoms with Crippen molar-refractivity contribution in [3.05, 3.63) is 0 Å². The Balaban J connectivity index is 3.82. The third kappa shape index (κ3) is 9.12. The van der Waals surface area contributed by atoms with Gasteiger partial charge in [0.15, 0.2) is 0 Å². The molecule has 0 aliphatic carbocycles. The first-order valence-corrected chi connectivity index (χ1v) is 6.64. The molecule has 0 heterocycles. The van der Waals surface area contributed by atoms with Crippen LogP contribution in [0.2, 0.25) is 0 Å². The average molecular weight is 244 g/mol. The van der Waals surface area contributed by atoms with E-state index in [-0.39, 0.29) is 11.8 Å². The summed E-state index contributed by atoms with van der Waals surface area (Å²) in [6.45, 7) is 7.17. The molecule has 4 heteroatoms. The molecule has 0 saturated heterocycles. The van der Waals surface area contributed by atoms with Crippen LogP contribution in [-0.4, -0.2) is 30.2 Å². The molecular weight excluding hydrogens is 216 g/mol. The molecule has 0 aliphatic rings. The van der Waals surface area contributed by atoms with Crippen molar-refractivity contribution in [2.24, 2.45) is 17.6 Å². The van der Waals surface area contributed by atoms with E-state index < -0.39 is 6.10 Å². The Morgan fingerprint density at radius 1 is 1.41 bits per heavy atom. The van der Waals surface area contributed by atoms with Crippen LogP contribution in [0.25, 0.3) is 0 Å². The molecule has 0 radical (unpaired) electrons. The number of carbonyl (C=O) groups is 1. The normalized spacial score (nSPS) is 14.7. The highest BCUT2D eigenvalue weighted by Gasteiger charge is 2.14. The van der Waals surface area contributed by atoms with E-state index in [0.717, 1.165) is 19.3 Å². The Morgan fingerprint density at radius 2 is 2.06 bits per heavy atom. The molecule has 1 amide bonds. The van der Waals surface area contributed by atoms with E-state index >= 15 is 0 Å². The highest BCUT2D eigenvalue weighted by Crippen LogP contribution is 2.13. The van der Waals surface area contributed by atoms with Gasteiger partial charge in [-0.2, -0.15) is 0 Å². The average Bonchev–Trinajstić information content (AvgIpc) is 2.25. The molecule has 0 aromatic carbocycles. The van der Waals surface area contributed by atoms with Crippen LogP contribution in [0.15, 0.2) is 0 Å². The van der Waals surface area contributed by atoms with E-state index in [1.54, 1.807) is 0 Å². The van der Waals surface area contributed by atoms with Gasteiger partial charge in [0, 0.05) is 13.0 Å². The van der Waals surface area contributed by atoms with Crippen molar-refractivity contribution in [3.63, 3.8) is 0 Å². The lowest BCUT2D eigenvalue weighted by Gasteiger charge is -2.17. The lowest BCUT2D eigenvalue weighted by molar-refractivity contribution is -0.122. The fraction of sp³-hybridized carbons (Fsp3) is 0.923. The molecule has 0 bridgehead atoms. The maximum absolute atomic E-state index is 11.6. The largest absolute Gasteiger partial charge is 0.391 e. The molecule has 17 heavy (non-hydrogen) atoms. The highest BCUT2D eigenvalue weighted by molar-refractivity contribution is 5.76. The van der Waals surface area contributed by atoms with Gasteiger partial charge in [0.1, 0.15) is 0 Å². The van der Waals surface area contributed by atoms with E-state index in [4.69, 9.17) is 5.73 Å². The predicted molar refractivity (Wildman–Crippen MR) is 70.5 cm³/mol. The van der Waals surface area contributed by atoms with Crippen molar-refractivity contribution >= 4 is 5.91 Å². The summed E-state index contributed by atoms with van der Waals surface area (Å²) in [7, 11) is 0. The first-order valence-electron chi connectivity index (χ1n) is 6.64. The minimum absolute atomic E-state index is 0.00347. The first-order chi connectivity index (χ1) is 7.99. The van der Waals surface area contributed by atoms with Crippen LogP contribution >= 0.6 is 0 Å². The topological polar surface area (TPSA) is 75.3 Å². The van der Waals surface area contributed by atoms with E-state index in [1.165, 1.54) is 0 Å². The van der Waals surface area contributed by atoms with Gasteiger partial charge >= 0.3 is 0 Å². The molecule has 0 aromatic rings. The Morgan fingerprint density at radius 3 is 2.53 bits per heavy atom. The number of hydrogen-bond acceptors (Lipinski definition) is 3. The number of hydrogen-bond donors (Lipinski definition) is 3. The van der Waals surface area contributed by atoms with Gasteiger partial charge in [-0.25, -0.2) is 0 Å². The van der Waals surface area contributed by atoms with Crippen molar-refractivity contribution in [2.75, 3.05) is 13.1 Å². The van der Waals surface area contributed by atoms with Gasteiger partial charge in [-0.15, -0.1) is 0 Å². The quantitative estimate of drug-likeness (QED) is 0.572. The smallest absolute Gasteiger partial charge is 0.220 e. The number of rotatable bonds is 9. The molecule has 2 unspecified atom stereocenters. The van der Waals surface area contributed by atoms with Gasteiger partial charge < -0.3 is 16.2 Å². The minimum Gasteiger partial charge on any atom is -0.391 e. The number of amides is 1. The van der Waals surface area contributed by atoms with Gasteiger partial charge in [-0.3, -0.25) is 4.79 Å². The van der Waals surface area contributed by atoms with Crippen molar-refractivity contribution in [1.82, 2.24) is 5.32 Å². The van der Waals surface area contributed by atoms with Gasteiger partial charge in [-0.1, -0.05) is 27.2 Å². The lowest BCUT2D eigenvalue weighted by atomic mass is 9.94. The lowest BCUT2D eigenvalue weighted by Crippen LogP contribution is -2.34.